The molecule has 1 aliphatic heterocycles. The lowest BCUT2D eigenvalue weighted by Crippen LogP contribution is -2.40. The SMILES string of the molecule is C=C1N(C)c2c(ccc3ccccc23)N1C(C)(C)C. The lowest BCUT2D eigenvalue weighted by Gasteiger charge is -2.35. The maximum atomic E-state index is 4.26. The van der Waals surface area contributed by atoms with Gasteiger partial charge in [0.05, 0.1) is 11.4 Å². The Bertz CT molecular complexity index is 665. The predicted octanol–water partition coefficient (Wildman–Crippen LogP) is 4.37. The van der Waals surface area contributed by atoms with Crippen LogP contribution in [0.2, 0.25) is 0 Å². The summed E-state index contributed by atoms with van der Waals surface area (Å²) in [6.45, 7) is 10.9. The molecule has 0 saturated carbocycles. The van der Waals surface area contributed by atoms with Crippen LogP contribution in [0.25, 0.3) is 10.8 Å². The van der Waals surface area contributed by atoms with Crippen molar-refractivity contribution in [3.8, 4) is 0 Å². The lowest BCUT2D eigenvalue weighted by molar-refractivity contribution is 0.545. The summed E-state index contributed by atoms with van der Waals surface area (Å²) < 4.78 is 0. The normalized spacial score (nSPS) is 15.3. The molecular formula is C17H20N2. The summed E-state index contributed by atoms with van der Waals surface area (Å²) in [5.41, 5.74) is 2.54. The molecule has 0 aliphatic carbocycles. The Labute approximate surface area is 114 Å². The van der Waals surface area contributed by atoms with Gasteiger partial charge >= 0.3 is 0 Å². The van der Waals surface area contributed by atoms with Crippen molar-refractivity contribution in [2.75, 3.05) is 16.8 Å². The van der Waals surface area contributed by atoms with E-state index in [1.54, 1.807) is 0 Å². The van der Waals surface area contributed by atoms with Crippen molar-refractivity contribution in [1.29, 1.82) is 0 Å². The Morgan fingerprint density at radius 1 is 1.00 bits per heavy atom. The van der Waals surface area contributed by atoms with Gasteiger partial charge in [-0.25, -0.2) is 0 Å². The fourth-order valence-corrected chi connectivity index (χ4v) is 2.94. The standard InChI is InChI=1S/C17H20N2/c1-12-18(5)16-14-9-7-6-8-13(14)10-11-15(16)19(12)17(2,3)4/h6-11H,1H2,2-5H3. The average Bonchev–Trinajstić information content (AvgIpc) is 2.62. The van der Waals surface area contributed by atoms with Gasteiger partial charge in [-0.15, -0.1) is 0 Å². The summed E-state index contributed by atoms with van der Waals surface area (Å²) in [5.74, 6) is 1.04. The van der Waals surface area contributed by atoms with Crippen LogP contribution >= 0.6 is 0 Å². The van der Waals surface area contributed by atoms with Crippen molar-refractivity contribution < 1.29 is 0 Å². The second kappa shape index (κ2) is 3.77. The van der Waals surface area contributed by atoms with Crippen LogP contribution in [-0.2, 0) is 0 Å². The molecule has 0 unspecified atom stereocenters. The van der Waals surface area contributed by atoms with Crippen LogP contribution in [0, 0.1) is 0 Å². The molecule has 0 radical (unpaired) electrons. The molecule has 2 nitrogen and oxygen atoms in total. The zero-order valence-electron chi connectivity index (χ0n) is 12.1. The molecule has 3 rings (SSSR count). The minimum Gasteiger partial charge on any atom is -0.329 e. The van der Waals surface area contributed by atoms with Gasteiger partial charge in [-0.2, -0.15) is 0 Å². The monoisotopic (exact) mass is 252 g/mol. The van der Waals surface area contributed by atoms with Gasteiger partial charge in [0.15, 0.2) is 0 Å². The number of rotatable bonds is 0. The van der Waals surface area contributed by atoms with E-state index in [0.717, 1.165) is 5.82 Å². The molecule has 0 fully saturated rings. The highest BCUT2D eigenvalue weighted by atomic mass is 15.4. The quantitative estimate of drug-likeness (QED) is 0.687. The fraction of sp³-hybridized carbons (Fsp3) is 0.294. The molecule has 0 bridgehead atoms. The molecule has 0 amide bonds. The van der Waals surface area contributed by atoms with Crippen molar-refractivity contribution in [2.24, 2.45) is 0 Å². The van der Waals surface area contributed by atoms with Gasteiger partial charge in [-0.05, 0) is 32.2 Å². The molecule has 98 valence electrons. The van der Waals surface area contributed by atoms with Crippen LogP contribution in [0.15, 0.2) is 48.8 Å². The van der Waals surface area contributed by atoms with Crippen LogP contribution in [0.1, 0.15) is 20.8 Å². The first-order chi connectivity index (χ1) is 8.91. The molecular weight excluding hydrogens is 232 g/mol. The van der Waals surface area contributed by atoms with Gasteiger partial charge in [0.25, 0.3) is 0 Å². The highest BCUT2D eigenvalue weighted by Gasteiger charge is 2.35. The Morgan fingerprint density at radius 2 is 1.68 bits per heavy atom. The summed E-state index contributed by atoms with van der Waals surface area (Å²) in [6, 6.07) is 12.9. The average molecular weight is 252 g/mol. The fourth-order valence-electron chi connectivity index (χ4n) is 2.94. The zero-order chi connectivity index (χ0) is 13.8. The van der Waals surface area contributed by atoms with Gasteiger partial charge < -0.3 is 9.80 Å². The first kappa shape index (κ1) is 12.1. The molecule has 2 aromatic carbocycles. The third-order valence-corrected chi connectivity index (χ3v) is 3.77. The Morgan fingerprint density at radius 3 is 2.37 bits per heavy atom. The van der Waals surface area contributed by atoms with Gasteiger partial charge in [0.1, 0.15) is 5.82 Å². The van der Waals surface area contributed by atoms with E-state index in [-0.39, 0.29) is 5.54 Å². The number of hydrogen-bond donors (Lipinski definition) is 0. The Balaban J connectivity index is 2.33. The number of benzene rings is 2. The molecule has 1 aliphatic rings. The topological polar surface area (TPSA) is 6.48 Å². The second-order valence-corrected chi connectivity index (χ2v) is 6.14. The van der Waals surface area contributed by atoms with Crippen molar-refractivity contribution >= 4 is 22.1 Å². The van der Waals surface area contributed by atoms with Crippen molar-refractivity contribution in [1.82, 2.24) is 0 Å². The number of nitrogens with zero attached hydrogens (tertiary/aromatic N) is 2. The third-order valence-electron chi connectivity index (χ3n) is 3.77. The van der Waals surface area contributed by atoms with Crippen LogP contribution < -0.4 is 9.80 Å². The summed E-state index contributed by atoms with van der Waals surface area (Å²) in [7, 11) is 2.10. The smallest absolute Gasteiger partial charge is 0.106 e. The van der Waals surface area contributed by atoms with E-state index >= 15 is 0 Å². The largest absolute Gasteiger partial charge is 0.329 e. The summed E-state index contributed by atoms with van der Waals surface area (Å²) in [5, 5.41) is 2.56. The van der Waals surface area contributed by atoms with Crippen LogP contribution in [-0.4, -0.2) is 12.6 Å². The number of fused-ring (bicyclic) bond motifs is 3. The van der Waals surface area contributed by atoms with E-state index in [1.807, 2.05) is 0 Å². The van der Waals surface area contributed by atoms with Gasteiger partial charge in [0.2, 0.25) is 0 Å². The molecule has 0 N–H and O–H groups in total. The Hall–Kier alpha value is -1.96. The van der Waals surface area contributed by atoms with Gasteiger partial charge in [-0.1, -0.05) is 36.9 Å². The van der Waals surface area contributed by atoms with E-state index in [9.17, 15) is 0 Å². The molecule has 2 heteroatoms. The third kappa shape index (κ3) is 1.63. The highest BCUT2D eigenvalue weighted by molar-refractivity contribution is 6.04. The minimum absolute atomic E-state index is 0.0268. The van der Waals surface area contributed by atoms with E-state index in [4.69, 9.17) is 0 Å². The number of hydrogen-bond acceptors (Lipinski definition) is 2. The molecule has 19 heavy (non-hydrogen) atoms. The molecule has 0 saturated heterocycles. The molecule has 0 aromatic heterocycles. The van der Waals surface area contributed by atoms with Crippen LogP contribution in [0.3, 0.4) is 0 Å². The summed E-state index contributed by atoms with van der Waals surface area (Å²) >= 11 is 0. The molecule has 2 aromatic rings. The number of anilines is 2. The minimum atomic E-state index is 0.0268. The zero-order valence-corrected chi connectivity index (χ0v) is 12.1. The van der Waals surface area contributed by atoms with Crippen molar-refractivity contribution in [3.05, 3.63) is 48.8 Å². The summed E-state index contributed by atoms with van der Waals surface area (Å²) in [6.07, 6.45) is 0. The van der Waals surface area contributed by atoms with Crippen molar-refractivity contribution in [2.45, 2.75) is 26.3 Å². The van der Waals surface area contributed by atoms with E-state index in [1.165, 1.54) is 22.1 Å². The summed E-state index contributed by atoms with van der Waals surface area (Å²) in [4.78, 5) is 4.51. The van der Waals surface area contributed by atoms with E-state index in [0.29, 0.717) is 0 Å². The first-order valence-corrected chi connectivity index (χ1v) is 6.66. The maximum Gasteiger partial charge on any atom is 0.106 e. The molecule has 0 spiro atoms. The predicted molar refractivity (Wildman–Crippen MR) is 83.7 cm³/mol. The van der Waals surface area contributed by atoms with E-state index in [2.05, 4.69) is 80.6 Å². The van der Waals surface area contributed by atoms with Crippen molar-refractivity contribution in [3.63, 3.8) is 0 Å². The molecule has 1 heterocycles. The van der Waals surface area contributed by atoms with Gasteiger partial charge in [0, 0.05) is 18.0 Å². The van der Waals surface area contributed by atoms with Crippen LogP contribution in [0.4, 0.5) is 11.4 Å². The maximum absolute atomic E-state index is 4.26. The highest BCUT2D eigenvalue weighted by Crippen LogP contribution is 2.47. The lowest BCUT2D eigenvalue weighted by atomic mass is 10.0. The van der Waals surface area contributed by atoms with Gasteiger partial charge in [-0.3, -0.25) is 0 Å². The van der Waals surface area contributed by atoms with E-state index < -0.39 is 0 Å². The second-order valence-electron chi connectivity index (χ2n) is 6.14. The van der Waals surface area contributed by atoms with Crippen LogP contribution in [0.5, 0.6) is 0 Å². The Kier molecular flexibility index (Phi) is 2.40. The first-order valence-electron chi connectivity index (χ1n) is 6.66. The molecule has 0 atom stereocenters.